The quantitative estimate of drug-likeness (QED) is 0.897. The second-order valence-corrected chi connectivity index (χ2v) is 4.78. The second kappa shape index (κ2) is 5.36. The lowest BCUT2D eigenvalue weighted by Crippen LogP contribution is -2.15. The van der Waals surface area contributed by atoms with Crippen molar-refractivity contribution in [3.05, 3.63) is 51.9 Å². The summed E-state index contributed by atoms with van der Waals surface area (Å²) in [4.78, 5) is 0. The molecule has 3 nitrogen and oxygen atoms in total. The highest BCUT2D eigenvalue weighted by Crippen LogP contribution is 2.15. The minimum atomic E-state index is 0.801. The van der Waals surface area contributed by atoms with E-state index in [2.05, 4.69) is 42.5 Å². The second-order valence-electron chi connectivity index (χ2n) is 4.78. The number of hydrogen-bond donors (Lipinski definition) is 1. The number of aromatic nitrogens is 1. The van der Waals surface area contributed by atoms with Gasteiger partial charge in [-0.1, -0.05) is 23.4 Å². The van der Waals surface area contributed by atoms with Crippen LogP contribution in [0.15, 0.2) is 22.7 Å². The van der Waals surface area contributed by atoms with Gasteiger partial charge in [-0.3, -0.25) is 0 Å². The van der Waals surface area contributed by atoms with Gasteiger partial charge < -0.3 is 9.84 Å². The third-order valence-corrected chi connectivity index (χ3v) is 3.43. The molecular formula is C15H20N2O. The SMILES string of the molecule is Cc1cccc(C)c1CNCc1c(C)noc1C. The number of rotatable bonds is 4. The lowest BCUT2D eigenvalue weighted by Gasteiger charge is -2.10. The predicted molar refractivity (Wildman–Crippen MR) is 72.4 cm³/mol. The number of nitrogens with zero attached hydrogens (tertiary/aromatic N) is 1. The average molecular weight is 244 g/mol. The van der Waals surface area contributed by atoms with Crippen molar-refractivity contribution in [1.29, 1.82) is 0 Å². The minimum absolute atomic E-state index is 0.801. The third kappa shape index (κ3) is 2.62. The van der Waals surface area contributed by atoms with Crippen molar-refractivity contribution >= 4 is 0 Å². The monoisotopic (exact) mass is 244 g/mol. The van der Waals surface area contributed by atoms with E-state index < -0.39 is 0 Å². The van der Waals surface area contributed by atoms with Gasteiger partial charge in [-0.2, -0.15) is 0 Å². The van der Waals surface area contributed by atoms with Crippen molar-refractivity contribution in [2.24, 2.45) is 0 Å². The van der Waals surface area contributed by atoms with Gasteiger partial charge in [-0.15, -0.1) is 0 Å². The molecule has 0 amide bonds. The van der Waals surface area contributed by atoms with Gasteiger partial charge in [0.15, 0.2) is 0 Å². The molecule has 0 saturated carbocycles. The van der Waals surface area contributed by atoms with Gasteiger partial charge >= 0.3 is 0 Å². The third-order valence-electron chi connectivity index (χ3n) is 3.43. The van der Waals surface area contributed by atoms with E-state index >= 15 is 0 Å². The number of aryl methyl sites for hydroxylation is 4. The van der Waals surface area contributed by atoms with Crippen molar-refractivity contribution in [2.75, 3.05) is 0 Å². The van der Waals surface area contributed by atoms with Crippen LogP contribution >= 0.6 is 0 Å². The molecule has 0 fully saturated rings. The molecule has 0 aliphatic rings. The Morgan fingerprint density at radius 1 is 1.00 bits per heavy atom. The first kappa shape index (κ1) is 12.8. The van der Waals surface area contributed by atoms with Gasteiger partial charge in [-0.25, -0.2) is 0 Å². The van der Waals surface area contributed by atoms with Gasteiger partial charge in [0, 0.05) is 18.7 Å². The molecule has 96 valence electrons. The minimum Gasteiger partial charge on any atom is -0.361 e. The summed E-state index contributed by atoms with van der Waals surface area (Å²) in [6.45, 7) is 9.92. The molecule has 1 aromatic heterocycles. The molecule has 1 heterocycles. The number of nitrogens with one attached hydrogen (secondary N) is 1. The molecule has 3 heteroatoms. The van der Waals surface area contributed by atoms with E-state index in [0.717, 1.165) is 24.5 Å². The van der Waals surface area contributed by atoms with E-state index in [1.165, 1.54) is 22.3 Å². The van der Waals surface area contributed by atoms with E-state index in [1.54, 1.807) is 0 Å². The van der Waals surface area contributed by atoms with Crippen LogP contribution in [-0.2, 0) is 13.1 Å². The molecule has 0 bridgehead atoms. The highest BCUT2D eigenvalue weighted by molar-refractivity contribution is 5.33. The van der Waals surface area contributed by atoms with E-state index in [-0.39, 0.29) is 0 Å². The van der Waals surface area contributed by atoms with Gasteiger partial charge in [0.2, 0.25) is 0 Å². The summed E-state index contributed by atoms with van der Waals surface area (Å²) in [5.41, 5.74) is 6.19. The summed E-state index contributed by atoms with van der Waals surface area (Å²) in [6, 6.07) is 6.41. The van der Waals surface area contributed by atoms with E-state index in [0.29, 0.717) is 0 Å². The molecule has 1 N–H and O–H groups in total. The van der Waals surface area contributed by atoms with Crippen LogP contribution < -0.4 is 5.32 Å². The molecule has 1 aromatic carbocycles. The van der Waals surface area contributed by atoms with Crippen molar-refractivity contribution < 1.29 is 4.52 Å². The average Bonchev–Trinajstić information content (AvgIpc) is 2.64. The van der Waals surface area contributed by atoms with E-state index in [4.69, 9.17) is 4.52 Å². The number of benzene rings is 1. The lowest BCUT2D eigenvalue weighted by molar-refractivity contribution is 0.392. The van der Waals surface area contributed by atoms with Gasteiger partial charge in [-0.05, 0) is 44.4 Å². The van der Waals surface area contributed by atoms with Crippen LogP contribution in [0.25, 0.3) is 0 Å². The summed E-state index contributed by atoms with van der Waals surface area (Å²) in [6.07, 6.45) is 0. The first-order valence-electron chi connectivity index (χ1n) is 6.27. The molecular weight excluding hydrogens is 224 g/mol. The van der Waals surface area contributed by atoms with Crippen molar-refractivity contribution in [2.45, 2.75) is 40.8 Å². The Morgan fingerprint density at radius 3 is 2.17 bits per heavy atom. The maximum Gasteiger partial charge on any atom is 0.138 e. The maximum absolute atomic E-state index is 5.16. The van der Waals surface area contributed by atoms with Gasteiger partial charge in [0.1, 0.15) is 5.76 Å². The topological polar surface area (TPSA) is 38.1 Å². The smallest absolute Gasteiger partial charge is 0.138 e. The van der Waals surface area contributed by atoms with Crippen LogP contribution in [0.3, 0.4) is 0 Å². The summed E-state index contributed by atoms with van der Waals surface area (Å²) >= 11 is 0. The van der Waals surface area contributed by atoms with Crippen LogP contribution in [0.4, 0.5) is 0 Å². The zero-order chi connectivity index (χ0) is 13.1. The lowest BCUT2D eigenvalue weighted by atomic mass is 10.0. The molecule has 0 aliphatic carbocycles. The molecule has 0 saturated heterocycles. The first-order valence-corrected chi connectivity index (χ1v) is 6.27. The summed E-state index contributed by atoms with van der Waals surface area (Å²) in [7, 11) is 0. The van der Waals surface area contributed by atoms with Crippen LogP contribution in [-0.4, -0.2) is 5.16 Å². The zero-order valence-corrected chi connectivity index (χ0v) is 11.5. The fourth-order valence-electron chi connectivity index (χ4n) is 2.19. The van der Waals surface area contributed by atoms with Crippen molar-refractivity contribution in [3.8, 4) is 0 Å². The number of hydrogen-bond acceptors (Lipinski definition) is 3. The van der Waals surface area contributed by atoms with Crippen molar-refractivity contribution in [3.63, 3.8) is 0 Å². The molecule has 0 unspecified atom stereocenters. The molecule has 2 aromatic rings. The Balaban J connectivity index is 2.01. The fourth-order valence-corrected chi connectivity index (χ4v) is 2.19. The normalized spacial score (nSPS) is 10.9. The standard InChI is InChI=1S/C15H20N2O/c1-10-6-5-7-11(2)14(10)8-16-9-15-12(3)17-18-13(15)4/h5-7,16H,8-9H2,1-4H3. The molecule has 18 heavy (non-hydrogen) atoms. The summed E-state index contributed by atoms with van der Waals surface area (Å²) < 4.78 is 5.16. The molecule has 0 spiro atoms. The van der Waals surface area contributed by atoms with Crippen LogP contribution in [0.2, 0.25) is 0 Å². The van der Waals surface area contributed by atoms with Crippen molar-refractivity contribution in [1.82, 2.24) is 10.5 Å². The maximum atomic E-state index is 5.16. The van der Waals surface area contributed by atoms with E-state index in [9.17, 15) is 0 Å². The highest BCUT2D eigenvalue weighted by atomic mass is 16.5. The molecule has 0 atom stereocenters. The first-order chi connectivity index (χ1) is 8.59. The Labute approximate surface area is 108 Å². The van der Waals surface area contributed by atoms with Gasteiger partial charge in [0.05, 0.1) is 5.69 Å². The Kier molecular flexibility index (Phi) is 3.82. The summed E-state index contributed by atoms with van der Waals surface area (Å²) in [5.74, 6) is 0.904. The molecule has 2 rings (SSSR count). The van der Waals surface area contributed by atoms with Crippen LogP contribution in [0.1, 0.15) is 33.7 Å². The Morgan fingerprint density at radius 2 is 1.61 bits per heavy atom. The predicted octanol–water partition coefficient (Wildman–Crippen LogP) is 3.20. The molecule has 0 aliphatic heterocycles. The Bertz CT molecular complexity index is 504. The Hall–Kier alpha value is -1.61. The summed E-state index contributed by atoms with van der Waals surface area (Å²) in [5, 5.41) is 7.43. The van der Waals surface area contributed by atoms with E-state index in [1.807, 2.05) is 13.8 Å². The largest absolute Gasteiger partial charge is 0.361 e. The van der Waals surface area contributed by atoms with Crippen LogP contribution in [0, 0.1) is 27.7 Å². The fraction of sp³-hybridized carbons (Fsp3) is 0.400. The van der Waals surface area contributed by atoms with Crippen LogP contribution in [0.5, 0.6) is 0 Å². The highest BCUT2D eigenvalue weighted by Gasteiger charge is 2.08. The van der Waals surface area contributed by atoms with Gasteiger partial charge in [0.25, 0.3) is 0 Å². The zero-order valence-electron chi connectivity index (χ0n) is 11.5. The molecule has 0 radical (unpaired) electrons.